The second kappa shape index (κ2) is 10.8. The van der Waals surface area contributed by atoms with Gasteiger partial charge in [0.15, 0.2) is 0 Å². The predicted octanol–water partition coefficient (Wildman–Crippen LogP) is 8.77. The summed E-state index contributed by atoms with van der Waals surface area (Å²) in [6, 6.07) is 13.7. The third-order valence-corrected chi connectivity index (χ3v) is 6.38. The summed E-state index contributed by atoms with van der Waals surface area (Å²) in [6.07, 6.45) is 6.51. The summed E-state index contributed by atoms with van der Waals surface area (Å²) >= 11 is 0. The molecule has 0 heteroatoms. The Bertz CT molecular complexity index is 654. The minimum absolute atomic E-state index is 0.471. The molecule has 1 unspecified atom stereocenters. The molecular weight excluding hydrogens is 312 g/mol. The van der Waals surface area contributed by atoms with Crippen LogP contribution in [0.1, 0.15) is 98.1 Å². The van der Waals surface area contributed by atoms with E-state index in [0.29, 0.717) is 5.41 Å². The zero-order valence-electron chi connectivity index (χ0n) is 18.7. The Hall–Kier alpha value is -1.30. The molecule has 146 valence electrons. The van der Waals surface area contributed by atoms with Crippen molar-refractivity contribution in [1.29, 1.82) is 0 Å². The van der Waals surface area contributed by atoms with E-state index in [0.717, 1.165) is 11.8 Å². The van der Waals surface area contributed by atoms with Crippen molar-refractivity contribution in [2.45, 2.75) is 93.4 Å². The summed E-state index contributed by atoms with van der Waals surface area (Å²) < 4.78 is 0. The van der Waals surface area contributed by atoms with Gasteiger partial charge in [-0.1, -0.05) is 105 Å². The fraction of sp³-hybridized carbons (Fsp3) is 0.615. The summed E-state index contributed by atoms with van der Waals surface area (Å²) in [7, 11) is 0. The SMILES string of the molecule is CC.CC.CCC(C)C[C@H]1c2ccc3ccccc3c2CC[C@]1(C)CC. The molecule has 0 N–H and O–H groups in total. The van der Waals surface area contributed by atoms with E-state index in [1.807, 2.05) is 27.7 Å². The number of hydrogen-bond acceptors (Lipinski definition) is 0. The Labute approximate surface area is 163 Å². The summed E-state index contributed by atoms with van der Waals surface area (Å²) in [6.45, 7) is 17.7. The Kier molecular flexibility index (Phi) is 9.41. The van der Waals surface area contributed by atoms with Crippen LogP contribution in [-0.4, -0.2) is 0 Å². The summed E-state index contributed by atoms with van der Waals surface area (Å²) in [5.41, 5.74) is 3.76. The van der Waals surface area contributed by atoms with Crippen molar-refractivity contribution in [3.8, 4) is 0 Å². The average Bonchev–Trinajstić information content (AvgIpc) is 2.72. The van der Waals surface area contributed by atoms with Gasteiger partial charge in [-0.2, -0.15) is 0 Å². The fourth-order valence-electron chi connectivity index (χ4n) is 4.32. The van der Waals surface area contributed by atoms with Crippen molar-refractivity contribution < 1.29 is 0 Å². The van der Waals surface area contributed by atoms with Crippen LogP contribution >= 0.6 is 0 Å². The van der Waals surface area contributed by atoms with Crippen LogP contribution < -0.4 is 0 Å². The molecule has 0 amide bonds. The molecule has 0 bridgehead atoms. The molecule has 0 nitrogen and oxygen atoms in total. The first-order chi connectivity index (χ1) is 12.6. The number of fused-ring (bicyclic) bond motifs is 3. The molecule has 2 aromatic rings. The number of hydrogen-bond donors (Lipinski definition) is 0. The zero-order chi connectivity index (χ0) is 19.7. The van der Waals surface area contributed by atoms with E-state index in [-0.39, 0.29) is 0 Å². The van der Waals surface area contributed by atoms with Crippen molar-refractivity contribution in [2.24, 2.45) is 11.3 Å². The molecule has 0 fully saturated rings. The molecule has 0 radical (unpaired) electrons. The van der Waals surface area contributed by atoms with Crippen molar-refractivity contribution in [3.05, 3.63) is 47.5 Å². The van der Waals surface area contributed by atoms with Crippen LogP contribution in [-0.2, 0) is 6.42 Å². The molecular formula is C26H42. The van der Waals surface area contributed by atoms with Gasteiger partial charge in [-0.3, -0.25) is 0 Å². The van der Waals surface area contributed by atoms with Crippen molar-refractivity contribution in [2.75, 3.05) is 0 Å². The highest BCUT2D eigenvalue weighted by Crippen LogP contribution is 2.51. The van der Waals surface area contributed by atoms with Crippen molar-refractivity contribution in [1.82, 2.24) is 0 Å². The Morgan fingerprint density at radius 3 is 2.27 bits per heavy atom. The molecule has 0 aliphatic heterocycles. The molecule has 0 saturated carbocycles. The van der Waals surface area contributed by atoms with E-state index in [1.54, 1.807) is 11.1 Å². The number of rotatable bonds is 4. The van der Waals surface area contributed by atoms with E-state index in [2.05, 4.69) is 64.1 Å². The molecule has 0 saturated heterocycles. The predicted molar refractivity (Wildman–Crippen MR) is 120 cm³/mol. The molecule has 26 heavy (non-hydrogen) atoms. The Morgan fingerprint density at radius 2 is 1.65 bits per heavy atom. The van der Waals surface area contributed by atoms with Gasteiger partial charge in [0.25, 0.3) is 0 Å². The van der Waals surface area contributed by atoms with E-state index in [9.17, 15) is 0 Å². The topological polar surface area (TPSA) is 0 Å². The third kappa shape index (κ3) is 4.70. The van der Waals surface area contributed by atoms with Crippen LogP contribution in [0.3, 0.4) is 0 Å². The number of aryl methyl sites for hydroxylation is 1. The maximum absolute atomic E-state index is 2.53. The summed E-state index contributed by atoms with van der Waals surface area (Å²) in [4.78, 5) is 0. The summed E-state index contributed by atoms with van der Waals surface area (Å²) in [5.74, 6) is 1.54. The maximum atomic E-state index is 2.53. The van der Waals surface area contributed by atoms with Crippen LogP contribution in [0, 0.1) is 11.3 Å². The molecule has 0 aromatic heterocycles. The molecule has 1 aliphatic rings. The lowest BCUT2D eigenvalue weighted by Gasteiger charge is -2.44. The lowest BCUT2D eigenvalue weighted by Crippen LogP contribution is -2.32. The highest BCUT2D eigenvalue weighted by atomic mass is 14.4. The van der Waals surface area contributed by atoms with Gasteiger partial charge in [0, 0.05) is 0 Å². The maximum Gasteiger partial charge on any atom is -0.0102 e. The van der Waals surface area contributed by atoms with Crippen molar-refractivity contribution in [3.63, 3.8) is 0 Å². The van der Waals surface area contributed by atoms with E-state index in [4.69, 9.17) is 0 Å². The largest absolute Gasteiger partial charge is 0.0683 e. The first-order valence-corrected chi connectivity index (χ1v) is 11.1. The Balaban J connectivity index is 0.000000791. The number of benzene rings is 2. The standard InChI is InChI=1S/C22H30.2C2H6/c1-5-16(3)15-21-20-12-11-17-9-7-8-10-18(17)19(20)13-14-22(21,4)6-2;2*1-2/h7-12,16,21H,5-6,13-15H2,1-4H3;2*1-2H3/t16?,21-,22-;;/m0../s1. The highest BCUT2D eigenvalue weighted by molar-refractivity contribution is 5.87. The van der Waals surface area contributed by atoms with Gasteiger partial charge in [-0.25, -0.2) is 0 Å². The lowest BCUT2D eigenvalue weighted by atomic mass is 9.61. The molecule has 3 rings (SSSR count). The first-order valence-electron chi connectivity index (χ1n) is 11.1. The second-order valence-corrected chi connectivity index (χ2v) is 7.66. The summed E-state index contributed by atoms with van der Waals surface area (Å²) in [5, 5.41) is 2.90. The zero-order valence-corrected chi connectivity index (χ0v) is 18.7. The Morgan fingerprint density at radius 1 is 1.00 bits per heavy atom. The molecule has 0 heterocycles. The second-order valence-electron chi connectivity index (χ2n) is 7.66. The monoisotopic (exact) mass is 354 g/mol. The van der Waals surface area contributed by atoms with Crippen LogP contribution in [0.4, 0.5) is 0 Å². The molecule has 3 atom stereocenters. The van der Waals surface area contributed by atoms with Gasteiger partial charge in [0.05, 0.1) is 0 Å². The van der Waals surface area contributed by atoms with E-state index >= 15 is 0 Å². The smallest absolute Gasteiger partial charge is 0.0102 e. The highest BCUT2D eigenvalue weighted by Gasteiger charge is 2.38. The van der Waals surface area contributed by atoms with Gasteiger partial charge in [-0.15, -0.1) is 0 Å². The van der Waals surface area contributed by atoms with Gasteiger partial charge >= 0.3 is 0 Å². The van der Waals surface area contributed by atoms with Crippen LogP contribution in [0.25, 0.3) is 10.8 Å². The van der Waals surface area contributed by atoms with Crippen LogP contribution in [0.2, 0.25) is 0 Å². The van der Waals surface area contributed by atoms with E-state index in [1.165, 1.54) is 42.9 Å². The van der Waals surface area contributed by atoms with Crippen LogP contribution in [0.15, 0.2) is 36.4 Å². The minimum Gasteiger partial charge on any atom is -0.0683 e. The lowest BCUT2D eigenvalue weighted by molar-refractivity contribution is 0.180. The fourth-order valence-corrected chi connectivity index (χ4v) is 4.32. The van der Waals surface area contributed by atoms with Gasteiger partial charge in [-0.05, 0) is 58.4 Å². The quantitative estimate of drug-likeness (QED) is 0.514. The average molecular weight is 355 g/mol. The normalized spacial score (nSPS) is 22.4. The first kappa shape index (κ1) is 22.7. The minimum atomic E-state index is 0.471. The third-order valence-electron chi connectivity index (χ3n) is 6.38. The molecule has 0 spiro atoms. The van der Waals surface area contributed by atoms with Gasteiger partial charge in [0.1, 0.15) is 0 Å². The van der Waals surface area contributed by atoms with E-state index < -0.39 is 0 Å². The molecule has 1 aliphatic carbocycles. The van der Waals surface area contributed by atoms with Crippen LogP contribution in [0.5, 0.6) is 0 Å². The molecule has 2 aromatic carbocycles. The van der Waals surface area contributed by atoms with Crippen molar-refractivity contribution >= 4 is 10.8 Å². The van der Waals surface area contributed by atoms with Gasteiger partial charge in [0.2, 0.25) is 0 Å². The van der Waals surface area contributed by atoms with Gasteiger partial charge < -0.3 is 0 Å².